The standard InChI is InChI=1S/C14H14N4O3S/c1-20-12-5-3-10(4-6-12)13-16-11(8-21-13)7-18-9-15-17-14(18)22(2)19/h3-6,8-9H,7H2,1-2H3/t22-/m0/s1. The van der Waals surface area contributed by atoms with Crippen LogP contribution in [0.2, 0.25) is 0 Å². The third kappa shape index (κ3) is 2.91. The maximum Gasteiger partial charge on any atom is 0.226 e. The van der Waals surface area contributed by atoms with E-state index < -0.39 is 10.8 Å². The second-order valence-corrected chi connectivity index (χ2v) is 5.84. The molecule has 7 nitrogen and oxygen atoms in total. The van der Waals surface area contributed by atoms with Gasteiger partial charge in [0, 0.05) is 11.8 Å². The molecule has 22 heavy (non-hydrogen) atoms. The van der Waals surface area contributed by atoms with Crippen molar-refractivity contribution in [3.63, 3.8) is 0 Å². The monoisotopic (exact) mass is 318 g/mol. The first-order chi connectivity index (χ1) is 10.7. The highest BCUT2D eigenvalue weighted by Crippen LogP contribution is 2.22. The summed E-state index contributed by atoms with van der Waals surface area (Å²) >= 11 is 0. The molecule has 3 rings (SSSR count). The van der Waals surface area contributed by atoms with Crippen molar-refractivity contribution in [1.29, 1.82) is 0 Å². The lowest BCUT2D eigenvalue weighted by atomic mass is 10.2. The number of methoxy groups -OCH3 is 1. The highest BCUT2D eigenvalue weighted by molar-refractivity contribution is 7.84. The molecule has 0 radical (unpaired) electrons. The summed E-state index contributed by atoms with van der Waals surface area (Å²) in [4.78, 5) is 4.43. The van der Waals surface area contributed by atoms with Crippen LogP contribution in [-0.2, 0) is 17.3 Å². The summed E-state index contributed by atoms with van der Waals surface area (Å²) in [5, 5.41) is 8.02. The summed E-state index contributed by atoms with van der Waals surface area (Å²) in [7, 11) is 0.419. The minimum atomic E-state index is -1.20. The molecule has 2 heterocycles. The Labute approximate surface area is 129 Å². The fraction of sp³-hybridized carbons (Fsp3) is 0.214. The van der Waals surface area contributed by atoms with E-state index in [-0.39, 0.29) is 0 Å². The van der Waals surface area contributed by atoms with Crippen molar-refractivity contribution in [1.82, 2.24) is 19.7 Å². The fourth-order valence-electron chi connectivity index (χ4n) is 2.00. The Balaban J connectivity index is 1.81. The molecule has 0 amide bonds. The molecule has 3 aromatic rings. The van der Waals surface area contributed by atoms with Crippen LogP contribution < -0.4 is 4.74 Å². The summed E-state index contributed by atoms with van der Waals surface area (Å²) in [5.41, 5.74) is 1.56. The lowest BCUT2D eigenvalue weighted by Crippen LogP contribution is -2.05. The van der Waals surface area contributed by atoms with Crippen molar-refractivity contribution < 1.29 is 13.4 Å². The summed E-state index contributed by atoms with van der Waals surface area (Å²) in [6.45, 7) is 0.404. The van der Waals surface area contributed by atoms with Gasteiger partial charge < -0.3 is 13.7 Å². The van der Waals surface area contributed by atoms with E-state index in [1.165, 1.54) is 6.33 Å². The van der Waals surface area contributed by atoms with Crippen LogP contribution in [0, 0.1) is 0 Å². The van der Waals surface area contributed by atoms with Gasteiger partial charge in [-0.05, 0) is 24.3 Å². The Hall–Kier alpha value is -2.48. The quantitative estimate of drug-likeness (QED) is 0.712. The number of rotatable bonds is 5. The molecule has 0 aliphatic carbocycles. The smallest absolute Gasteiger partial charge is 0.226 e. The number of ether oxygens (including phenoxy) is 1. The lowest BCUT2D eigenvalue weighted by molar-refractivity contribution is 0.415. The molecule has 0 unspecified atom stereocenters. The number of hydrogen-bond donors (Lipinski definition) is 0. The number of oxazole rings is 1. The molecular weight excluding hydrogens is 304 g/mol. The molecule has 0 spiro atoms. The van der Waals surface area contributed by atoms with Gasteiger partial charge in [-0.25, -0.2) is 4.98 Å². The summed E-state index contributed by atoms with van der Waals surface area (Å²) in [6, 6.07) is 7.44. The Bertz CT molecular complexity index is 795. The van der Waals surface area contributed by atoms with E-state index in [0.717, 1.165) is 11.3 Å². The molecule has 8 heteroatoms. The first-order valence-electron chi connectivity index (χ1n) is 6.47. The van der Waals surface area contributed by atoms with E-state index in [1.54, 1.807) is 24.2 Å². The van der Waals surface area contributed by atoms with Crippen molar-refractivity contribution in [3.8, 4) is 17.2 Å². The van der Waals surface area contributed by atoms with E-state index in [1.807, 2.05) is 24.3 Å². The zero-order chi connectivity index (χ0) is 15.5. The Morgan fingerprint density at radius 2 is 2.09 bits per heavy atom. The first-order valence-corrected chi connectivity index (χ1v) is 8.03. The predicted molar refractivity (Wildman–Crippen MR) is 79.9 cm³/mol. The van der Waals surface area contributed by atoms with Crippen molar-refractivity contribution in [3.05, 3.63) is 42.5 Å². The normalized spacial score (nSPS) is 12.3. The van der Waals surface area contributed by atoms with E-state index in [2.05, 4.69) is 15.2 Å². The minimum Gasteiger partial charge on any atom is -0.497 e. The van der Waals surface area contributed by atoms with Gasteiger partial charge in [0.2, 0.25) is 11.0 Å². The number of hydrogen-bond acceptors (Lipinski definition) is 6. The number of aromatic nitrogens is 4. The highest BCUT2D eigenvalue weighted by Gasteiger charge is 2.12. The molecule has 0 aliphatic rings. The second kappa shape index (κ2) is 6.10. The molecule has 0 N–H and O–H groups in total. The van der Waals surface area contributed by atoms with Gasteiger partial charge in [0.25, 0.3) is 0 Å². The Morgan fingerprint density at radius 3 is 2.77 bits per heavy atom. The second-order valence-electron chi connectivity index (χ2n) is 4.57. The Morgan fingerprint density at radius 1 is 1.32 bits per heavy atom. The molecule has 1 aromatic carbocycles. The molecule has 0 saturated heterocycles. The SMILES string of the molecule is COc1ccc(-c2nc(Cn3cnnc3[S@](C)=O)co2)cc1. The van der Waals surface area contributed by atoms with E-state index in [9.17, 15) is 4.21 Å². The molecule has 0 bridgehead atoms. The van der Waals surface area contributed by atoms with Gasteiger partial charge >= 0.3 is 0 Å². The largest absolute Gasteiger partial charge is 0.497 e. The van der Waals surface area contributed by atoms with Gasteiger partial charge in [0.15, 0.2) is 0 Å². The van der Waals surface area contributed by atoms with Gasteiger partial charge in [-0.1, -0.05) is 0 Å². The molecular formula is C14H14N4O3S. The van der Waals surface area contributed by atoms with Crippen LogP contribution in [-0.4, -0.2) is 37.3 Å². The average Bonchev–Trinajstić information content (AvgIpc) is 3.17. The summed E-state index contributed by atoms with van der Waals surface area (Å²) in [6.07, 6.45) is 4.66. The van der Waals surface area contributed by atoms with Crippen molar-refractivity contribution in [2.45, 2.75) is 11.7 Å². The van der Waals surface area contributed by atoms with Gasteiger partial charge in [-0.15, -0.1) is 10.2 Å². The average molecular weight is 318 g/mol. The minimum absolute atomic E-state index is 0.404. The lowest BCUT2D eigenvalue weighted by Gasteiger charge is -2.01. The van der Waals surface area contributed by atoms with Crippen molar-refractivity contribution >= 4 is 10.8 Å². The topological polar surface area (TPSA) is 83.0 Å². The summed E-state index contributed by atoms with van der Waals surface area (Å²) < 4.78 is 23.8. The van der Waals surface area contributed by atoms with E-state index in [4.69, 9.17) is 9.15 Å². The third-order valence-electron chi connectivity index (χ3n) is 3.06. The van der Waals surface area contributed by atoms with Crippen molar-refractivity contribution in [2.24, 2.45) is 0 Å². The maximum absolute atomic E-state index is 11.5. The predicted octanol–water partition coefficient (Wildman–Crippen LogP) is 1.73. The van der Waals surface area contributed by atoms with E-state index >= 15 is 0 Å². The van der Waals surface area contributed by atoms with Gasteiger partial charge in [-0.3, -0.25) is 4.21 Å². The maximum atomic E-state index is 11.5. The zero-order valence-electron chi connectivity index (χ0n) is 12.1. The third-order valence-corrected chi connectivity index (χ3v) is 3.89. The van der Waals surface area contributed by atoms with Crippen LogP contribution in [0.15, 0.2) is 46.4 Å². The van der Waals surface area contributed by atoms with Gasteiger partial charge in [-0.2, -0.15) is 0 Å². The number of benzene rings is 1. The molecule has 114 valence electrons. The highest BCUT2D eigenvalue weighted by atomic mass is 32.2. The first kappa shape index (κ1) is 14.5. The van der Waals surface area contributed by atoms with Crippen LogP contribution in [0.25, 0.3) is 11.5 Å². The fourth-order valence-corrected chi connectivity index (χ4v) is 2.60. The van der Waals surface area contributed by atoms with Crippen LogP contribution in [0.1, 0.15) is 5.69 Å². The van der Waals surface area contributed by atoms with Crippen LogP contribution in [0.4, 0.5) is 0 Å². The molecule has 1 atom stereocenters. The molecule has 0 fully saturated rings. The van der Waals surface area contributed by atoms with Crippen LogP contribution >= 0.6 is 0 Å². The summed E-state index contributed by atoms with van der Waals surface area (Å²) in [5.74, 6) is 1.29. The molecule has 0 aliphatic heterocycles. The van der Waals surface area contributed by atoms with Gasteiger partial charge in [0.05, 0.1) is 30.1 Å². The molecule has 0 saturated carbocycles. The van der Waals surface area contributed by atoms with Crippen molar-refractivity contribution in [2.75, 3.05) is 13.4 Å². The van der Waals surface area contributed by atoms with Crippen LogP contribution in [0.3, 0.4) is 0 Å². The Kier molecular flexibility index (Phi) is 4.01. The van der Waals surface area contributed by atoms with E-state index in [0.29, 0.717) is 23.3 Å². The number of nitrogens with zero attached hydrogens (tertiary/aromatic N) is 4. The zero-order valence-corrected chi connectivity index (χ0v) is 12.9. The van der Waals surface area contributed by atoms with Gasteiger partial charge in [0.1, 0.15) is 18.3 Å². The molecule has 2 aromatic heterocycles. The van der Waals surface area contributed by atoms with Crippen LogP contribution in [0.5, 0.6) is 5.75 Å².